The van der Waals surface area contributed by atoms with E-state index in [1.54, 1.807) is 41.8 Å². The van der Waals surface area contributed by atoms with Crippen LogP contribution in [0.3, 0.4) is 0 Å². The van der Waals surface area contributed by atoms with Gasteiger partial charge in [0.15, 0.2) is 21.4 Å². The molecule has 10 aromatic rings. The van der Waals surface area contributed by atoms with Crippen LogP contribution in [-0.4, -0.2) is 84.5 Å². The van der Waals surface area contributed by atoms with Gasteiger partial charge in [-0.15, -0.1) is 49.0 Å². The highest BCUT2D eigenvalue weighted by molar-refractivity contribution is 7.15. The fourth-order valence-electron chi connectivity index (χ4n) is 10.5. The Morgan fingerprint density at radius 1 is 0.593 bits per heavy atom. The summed E-state index contributed by atoms with van der Waals surface area (Å²) in [5.74, 6) is 1.24. The Morgan fingerprint density at radius 3 is 1.47 bits per heavy atom. The number of anilines is 2. The van der Waals surface area contributed by atoms with Crippen molar-refractivity contribution in [2.45, 2.75) is 83.5 Å². The molecule has 14 nitrogen and oxygen atoms in total. The standard InChI is InChI=1S/C30H27F3N4O2S.C22H22F3N3O.C7H6N2O2S/c1-19-28(37-16-17-40-29(37)34-19)26(38)10-3-20-2-9-25-23(18-20)6-11-27(35-25)36-14-12-22(13-15-36)21-4-7-24(8-5-21)39-30(31,32)33;23-22(24,25)29-19-5-2-16(3-6-19)17-9-11-28(12-10-17)21-8-4-18-13-15(14-26)1-7-20(18)27-21;1-4-5(6(10)11)9-2-3-12-7(9)8-4/h2,4-9,11,16-18,22H,3,10,12-15H2,1H3;1-8,13,17H,9-12,14,26H2;2-3H,1H3,(H,10,11). The van der Waals surface area contributed by atoms with Gasteiger partial charge in [0.25, 0.3) is 0 Å². The molecule has 22 heteroatoms. The molecule has 0 spiro atoms. The number of ether oxygens (including phenoxy) is 2. The van der Waals surface area contributed by atoms with Crippen molar-refractivity contribution < 1.29 is 50.5 Å². The zero-order valence-electron chi connectivity index (χ0n) is 44.0. The lowest BCUT2D eigenvalue weighted by atomic mass is 9.89. The van der Waals surface area contributed by atoms with Gasteiger partial charge in [0.1, 0.15) is 28.8 Å². The van der Waals surface area contributed by atoms with E-state index in [1.807, 2.05) is 64.7 Å². The number of nitrogens with zero attached hydrogens (tertiary/aromatic N) is 8. The van der Waals surface area contributed by atoms with E-state index < -0.39 is 18.7 Å². The molecule has 3 N–H and O–H groups in total. The van der Waals surface area contributed by atoms with E-state index in [4.69, 9.17) is 20.8 Å². The van der Waals surface area contributed by atoms with Crippen LogP contribution in [0, 0.1) is 13.8 Å². The minimum Gasteiger partial charge on any atom is -0.477 e. The predicted molar refractivity (Wildman–Crippen MR) is 301 cm³/mol. The molecule has 0 atom stereocenters. The van der Waals surface area contributed by atoms with Crippen molar-refractivity contribution in [1.82, 2.24) is 28.7 Å². The maximum atomic E-state index is 13.0. The van der Waals surface area contributed by atoms with Gasteiger partial charge in [0.2, 0.25) is 0 Å². The molecule has 12 rings (SSSR count). The zero-order valence-corrected chi connectivity index (χ0v) is 45.6. The Kier molecular flexibility index (Phi) is 16.6. The van der Waals surface area contributed by atoms with Gasteiger partial charge in [-0.3, -0.25) is 13.6 Å². The average molecular weight is 1150 g/mol. The number of carbonyl (C=O) groups is 2. The molecule has 0 bridgehead atoms. The molecule has 420 valence electrons. The molecule has 2 aliphatic heterocycles. The van der Waals surface area contributed by atoms with Crippen molar-refractivity contribution in [3.05, 3.63) is 177 Å². The number of piperidine rings is 2. The minimum absolute atomic E-state index is 0.0888. The van der Waals surface area contributed by atoms with Crippen LogP contribution in [0.15, 0.2) is 132 Å². The third kappa shape index (κ3) is 13.6. The van der Waals surface area contributed by atoms with Crippen molar-refractivity contribution in [2.24, 2.45) is 5.73 Å². The SMILES string of the molecule is Cc1nc2sccn2c1C(=O)CCc1ccc2nc(N3CCC(c4ccc(OC(F)(F)F)cc4)CC3)ccc2c1.Cc1nc2sccn2c1C(=O)O.NCc1ccc2nc(N3CCC(c4ccc(OC(F)(F)F)cc4)CC3)ccc2c1. The molecule has 0 saturated carbocycles. The highest BCUT2D eigenvalue weighted by Crippen LogP contribution is 2.35. The average Bonchev–Trinajstić information content (AvgIpc) is 4.38. The Balaban J connectivity index is 0.000000156. The van der Waals surface area contributed by atoms with Crippen LogP contribution in [0.1, 0.15) is 98.6 Å². The molecular weight excluding hydrogens is 1090 g/mol. The molecule has 8 heterocycles. The topological polar surface area (TPSA) is 166 Å². The Hall–Kier alpha value is -8.08. The number of aromatic carboxylic acids is 1. The lowest BCUT2D eigenvalue weighted by molar-refractivity contribution is -0.275. The first-order chi connectivity index (χ1) is 38.8. The second kappa shape index (κ2) is 23.9. The largest absolute Gasteiger partial charge is 0.573 e. The summed E-state index contributed by atoms with van der Waals surface area (Å²) in [6.45, 7) is 7.42. The first kappa shape index (κ1) is 56.2. The summed E-state index contributed by atoms with van der Waals surface area (Å²) in [5, 5.41) is 14.7. The number of Topliss-reactive ketones (excluding diaryl/α,β-unsaturated/α-hetero) is 1. The van der Waals surface area contributed by atoms with Gasteiger partial charge < -0.3 is 30.1 Å². The maximum Gasteiger partial charge on any atom is 0.573 e. The van der Waals surface area contributed by atoms with Gasteiger partial charge in [-0.1, -0.05) is 36.4 Å². The predicted octanol–water partition coefficient (Wildman–Crippen LogP) is 13.7. The molecule has 0 radical (unpaired) electrons. The van der Waals surface area contributed by atoms with E-state index in [0.717, 1.165) is 123 Å². The van der Waals surface area contributed by atoms with Crippen molar-refractivity contribution in [3.63, 3.8) is 0 Å². The highest BCUT2D eigenvalue weighted by Gasteiger charge is 2.32. The van der Waals surface area contributed by atoms with E-state index in [0.29, 0.717) is 36.7 Å². The van der Waals surface area contributed by atoms with Crippen molar-refractivity contribution >= 4 is 77.8 Å². The van der Waals surface area contributed by atoms with Crippen LogP contribution in [0.4, 0.5) is 38.0 Å². The number of alkyl halides is 6. The number of imidazole rings is 2. The summed E-state index contributed by atoms with van der Waals surface area (Å²) in [6.07, 6.45) is -1.06. The van der Waals surface area contributed by atoms with E-state index in [9.17, 15) is 35.9 Å². The van der Waals surface area contributed by atoms with Crippen LogP contribution in [0.25, 0.3) is 31.7 Å². The van der Waals surface area contributed by atoms with Gasteiger partial charge in [-0.05, 0) is 153 Å². The Labute approximate surface area is 469 Å². The van der Waals surface area contributed by atoms with Gasteiger partial charge in [-0.2, -0.15) is 0 Å². The summed E-state index contributed by atoms with van der Waals surface area (Å²) in [4.78, 5) is 48.0. The third-order valence-electron chi connectivity index (χ3n) is 14.5. The van der Waals surface area contributed by atoms with E-state index in [-0.39, 0.29) is 28.9 Å². The molecule has 0 unspecified atom stereocenters. The number of halogens is 6. The molecule has 2 saturated heterocycles. The second-order valence-electron chi connectivity index (χ2n) is 19.8. The van der Waals surface area contributed by atoms with Gasteiger partial charge in [-0.25, -0.2) is 24.7 Å². The quantitative estimate of drug-likeness (QED) is 0.0880. The van der Waals surface area contributed by atoms with Crippen molar-refractivity contribution in [1.29, 1.82) is 0 Å². The number of hydrogen-bond donors (Lipinski definition) is 2. The zero-order chi connectivity index (χ0) is 57.0. The molecule has 4 aromatic carbocycles. The van der Waals surface area contributed by atoms with E-state index in [1.165, 1.54) is 46.9 Å². The third-order valence-corrected chi connectivity index (χ3v) is 16.0. The van der Waals surface area contributed by atoms with Crippen LogP contribution in [-0.2, 0) is 13.0 Å². The van der Waals surface area contributed by atoms with Crippen LogP contribution >= 0.6 is 22.7 Å². The summed E-state index contributed by atoms with van der Waals surface area (Å²) >= 11 is 2.95. The number of carbonyl (C=O) groups excluding carboxylic acids is 1. The number of hydrogen-bond acceptors (Lipinski definition) is 13. The number of pyridine rings is 2. The number of carboxylic acid groups (broad SMARTS) is 1. The summed E-state index contributed by atoms with van der Waals surface area (Å²) in [7, 11) is 0. The van der Waals surface area contributed by atoms with E-state index in [2.05, 4.69) is 53.5 Å². The number of carboxylic acids is 1. The van der Waals surface area contributed by atoms with Crippen LogP contribution in [0.5, 0.6) is 11.5 Å². The lowest BCUT2D eigenvalue weighted by Crippen LogP contribution is -2.33. The molecule has 2 aliphatic rings. The number of aromatic nitrogens is 6. The normalized spacial score (nSPS) is 14.5. The molecule has 6 aromatic heterocycles. The number of nitrogens with two attached hydrogens (primary N) is 1. The number of thiazole rings is 2. The first-order valence-corrected chi connectivity index (χ1v) is 27.9. The second-order valence-corrected chi connectivity index (χ2v) is 21.5. The molecule has 0 amide bonds. The Bertz CT molecular complexity index is 3820. The van der Waals surface area contributed by atoms with E-state index >= 15 is 0 Å². The smallest absolute Gasteiger partial charge is 0.477 e. The highest BCUT2D eigenvalue weighted by atomic mass is 32.1. The number of fused-ring (bicyclic) bond motifs is 4. The molecular formula is C59H55F6N9O5S2. The Morgan fingerprint density at radius 2 is 1.02 bits per heavy atom. The lowest BCUT2D eigenvalue weighted by Gasteiger charge is -2.33. The minimum atomic E-state index is -4.68. The number of rotatable bonds is 12. The summed E-state index contributed by atoms with van der Waals surface area (Å²) in [6, 6.07) is 32.8. The molecule has 2 fully saturated rings. The summed E-state index contributed by atoms with van der Waals surface area (Å²) < 4.78 is 85.6. The van der Waals surface area contributed by atoms with Gasteiger partial charge >= 0.3 is 18.7 Å². The maximum absolute atomic E-state index is 13.0. The van der Waals surface area contributed by atoms with Crippen molar-refractivity contribution in [2.75, 3.05) is 36.0 Å². The first-order valence-electron chi connectivity index (χ1n) is 26.2. The monoisotopic (exact) mass is 1150 g/mol. The van der Waals surface area contributed by atoms with Gasteiger partial charge in [0.05, 0.1) is 22.4 Å². The van der Waals surface area contributed by atoms with Crippen LogP contribution in [0.2, 0.25) is 0 Å². The number of aryl methyl sites for hydroxylation is 3. The van der Waals surface area contributed by atoms with Crippen LogP contribution < -0.4 is 25.0 Å². The number of benzene rings is 4. The number of ketones is 1. The van der Waals surface area contributed by atoms with Gasteiger partial charge in [0, 0.05) is 73.1 Å². The molecule has 0 aliphatic carbocycles. The fourth-order valence-corrected chi connectivity index (χ4v) is 12.0. The fraction of sp³-hybridized carbons (Fsp3) is 0.288. The summed E-state index contributed by atoms with van der Waals surface area (Å²) in [5.41, 5.74) is 14.0. The molecule has 81 heavy (non-hydrogen) atoms. The van der Waals surface area contributed by atoms with Crippen molar-refractivity contribution in [3.8, 4) is 11.5 Å².